The van der Waals surface area contributed by atoms with Gasteiger partial charge >= 0.3 is 5.97 Å². The van der Waals surface area contributed by atoms with Gasteiger partial charge in [-0.25, -0.2) is 0 Å². The number of carboxylic acids is 1. The maximum atomic E-state index is 11.7. The second-order valence-corrected chi connectivity index (χ2v) is 6.74. The number of piperidine rings is 1. The van der Waals surface area contributed by atoms with E-state index in [0.29, 0.717) is 11.5 Å². The summed E-state index contributed by atoms with van der Waals surface area (Å²) >= 11 is 0. The van der Waals surface area contributed by atoms with Gasteiger partial charge in [-0.05, 0) is 51.0 Å². The maximum absolute atomic E-state index is 11.7. The van der Waals surface area contributed by atoms with E-state index in [2.05, 4.69) is 25.7 Å². The topological polar surface area (TPSA) is 40.5 Å². The first kappa shape index (κ1) is 13.9. The lowest BCUT2D eigenvalue weighted by atomic mass is 9.75. The number of carboxylic acid groups (broad SMARTS) is 1. The Hall–Kier alpha value is -0.570. The molecule has 2 rings (SSSR count). The van der Waals surface area contributed by atoms with E-state index in [4.69, 9.17) is 0 Å². The van der Waals surface area contributed by atoms with Crippen molar-refractivity contribution in [1.82, 2.24) is 4.90 Å². The first-order chi connectivity index (χ1) is 8.43. The summed E-state index contributed by atoms with van der Waals surface area (Å²) in [6, 6.07) is 0.536. The third kappa shape index (κ3) is 2.42. The molecular weight excluding hydrogens is 226 g/mol. The molecule has 18 heavy (non-hydrogen) atoms. The van der Waals surface area contributed by atoms with Gasteiger partial charge in [0.25, 0.3) is 0 Å². The molecule has 0 aromatic carbocycles. The Bertz CT molecular complexity index is 320. The summed E-state index contributed by atoms with van der Waals surface area (Å²) in [5, 5.41) is 9.61. The first-order valence-electron chi connectivity index (χ1n) is 7.41. The number of hydrogen-bond donors (Lipinski definition) is 1. The Morgan fingerprint density at radius 2 is 2.06 bits per heavy atom. The lowest BCUT2D eigenvalue weighted by molar-refractivity contribution is -0.154. The highest BCUT2D eigenvalue weighted by Crippen LogP contribution is 2.51. The summed E-state index contributed by atoms with van der Waals surface area (Å²) in [7, 11) is 0. The Kier molecular flexibility index (Phi) is 3.72. The van der Waals surface area contributed by atoms with Crippen molar-refractivity contribution in [3.8, 4) is 0 Å². The molecule has 0 spiro atoms. The molecule has 1 N–H and O–H groups in total. The molecule has 1 saturated heterocycles. The molecular formula is C15H27NO2. The monoisotopic (exact) mass is 253 g/mol. The fraction of sp³-hybridized carbons (Fsp3) is 0.933. The first-order valence-corrected chi connectivity index (χ1v) is 7.41. The third-order valence-electron chi connectivity index (χ3n) is 5.38. The molecule has 1 saturated carbocycles. The number of likely N-dealkylation sites (tertiary alicyclic amines) is 1. The van der Waals surface area contributed by atoms with Gasteiger partial charge in [-0.15, -0.1) is 0 Å². The molecule has 3 heteroatoms. The highest BCUT2D eigenvalue weighted by molar-refractivity contribution is 5.75. The van der Waals surface area contributed by atoms with Crippen LogP contribution in [-0.2, 0) is 4.79 Å². The minimum atomic E-state index is -0.581. The van der Waals surface area contributed by atoms with Crippen molar-refractivity contribution in [2.45, 2.75) is 65.3 Å². The standard InChI is InChI=1S/C15H27NO2/c1-4-6-15(13(17)18)7-5-10-16(11-15)12(2)14(3)8-9-14/h12H,4-11H2,1-3H3,(H,17,18). The molecule has 0 bridgehead atoms. The zero-order chi connectivity index (χ0) is 13.4. The van der Waals surface area contributed by atoms with Crippen LogP contribution in [0.2, 0.25) is 0 Å². The number of hydrogen-bond acceptors (Lipinski definition) is 2. The minimum absolute atomic E-state index is 0.452. The van der Waals surface area contributed by atoms with Gasteiger partial charge < -0.3 is 5.11 Å². The van der Waals surface area contributed by atoms with Crippen molar-refractivity contribution in [2.75, 3.05) is 13.1 Å². The molecule has 104 valence electrons. The van der Waals surface area contributed by atoms with Gasteiger partial charge in [0.15, 0.2) is 0 Å². The molecule has 3 nitrogen and oxygen atoms in total. The van der Waals surface area contributed by atoms with E-state index in [0.717, 1.165) is 38.8 Å². The molecule has 0 aromatic heterocycles. The Morgan fingerprint density at radius 3 is 2.56 bits per heavy atom. The van der Waals surface area contributed by atoms with Crippen LogP contribution in [0.15, 0.2) is 0 Å². The average molecular weight is 253 g/mol. The molecule has 2 atom stereocenters. The SMILES string of the molecule is CCCC1(C(=O)O)CCCN(C(C)C2(C)CC2)C1. The summed E-state index contributed by atoms with van der Waals surface area (Å²) in [6.07, 6.45) is 6.29. The van der Waals surface area contributed by atoms with Gasteiger partial charge in [0, 0.05) is 12.6 Å². The van der Waals surface area contributed by atoms with Crippen LogP contribution in [0.4, 0.5) is 0 Å². The van der Waals surface area contributed by atoms with Gasteiger partial charge in [0.2, 0.25) is 0 Å². The summed E-state index contributed by atoms with van der Waals surface area (Å²) in [6.45, 7) is 8.56. The third-order valence-corrected chi connectivity index (χ3v) is 5.38. The zero-order valence-electron chi connectivity index (χ0n) is 12.0. The van der Waals surface area contributed by atoms with Crippen molar-refractivity contribution in [3.63, 3.8) is 0 Å². The number of aliphatic carboxylic acids is 1. The van der Waals surface area contributed by atoms with Crippen molar-refractivity contribution in [2.24, 2.45) is 10.8 Å². The molecule has 1 aliphatic heterocycles. The summed E-state index contributed by atoms with van der Waals surface area (Å²) in [5.74, 6) is -0.581. The van der Waals surface area contributed by atoms with Gasteiger partial charge in [-0.1, -0.05) is 20.3 Å². The van der Waals surface area contributed by atoms with Gasteiger partial charge in [0.05, 0.1) is 5.41 Å². The predicted molar refractivity (Wildman–Crippen MR) is 72.6 cm³/mol. The van der Waals surface area contributed by atoms with E-state index in [1.165, 1.54) is 12.8 Å². The number of carbonyl (C=O) groups is 1. The molecule has 0 amide bonds. The van der Waals surface area contributed by atoms with Crippen molar-refractivity contribution < 1.29 is 9.90 Å². The molecule has 0 radical (unpaired) electrons. The van der Waals surface area contributed by atoms with E-state index < -0.39 is 11.4 Å². The largest absolute Gasteiger partial charge is 0.481 e. The zero-order valence-corrected chi connectivity index (χ0v) is 12.0. The predicted octanol–water partition coefficient (Wildman–Crippen LogP) is 3.14. The van der Waals surface area contributed by atoms with E-state index in [9.17, 15) is 9.90 Å². The molecule has 0 aromatic rings. The fourth-order valence-corrected chi connectivity index (χ4v) is 3.52. The number of nitrogens with zero attached hydrogens (tertiary/aromatic N) is 1. The van der Waals surface area contributed by atoms with Crippen molar-refractivity contribution in [3.05, 3.63) is 0 Å². The van der Waals surface area contributed by atoms with Gasteiger partial charge in [-0.3, -0.25) is 9.69 Å². The fourth-order valence-electron chi connectivity index (χ4n) is 3.52. The van der Waals surface area contributed by atoms with Crippen LogP contribution in [0.25, 0.3) is 0 Å². The van der Waals surface area contributed by atoms with E-state index in [1.54, 1.807) is 0 Å². The molecule has 1 heterocycles. The van der Waals surface area contributed by atoms with Crippen LogP contribution in [0, 0.1) is 10.8 Å². The quantitative estimate of drug-likeness (QED) is 0.818. The molecule has 2 aliphatic rings. The highest BCUT2D eigenvalue weighted by atomic mass is 16.4. The lowest BCUT2D eigenvalue weighted by Gasteiger charge is -2.44. The second kappa shape index (κ2) is 4.84. The van der Waals surface area contributed by atoms with Gasteiger partial charge in [0.1, 0.15) is 0 Å². The van der Waals surface area contributed by atoms with Crippen LogP contribution < -0.4 is 0 Å². The smallest absolute Gasteiger partial charge is 0.310 e. The molecule has 2 fully saturated rings. The summed E-state index contributed by atoms with van der Waals surface area (Å²) in [5.41, 5.74) is -0.0275. The Labute approximate surface area is 111 Å². The lowest BCUT2D eigenvalue weighted by Crippen LogP contribution is -2.52. The minimum Gasteiger partial charge on any atom is -0.481 e. The molecule has 2 unspecified atom stereocenters. The Balaban J connectivity index is 2.08. The van der Waals surface area contributed by atoms with Crippen LogP contribution in [0.1, 0.15) is 59.3 Å². The van der Waals surface area contributed by atoms with Gasteiger partial charge in [-0.2, -0.15) is 0 Å². The molecule has 1 aliphatic carbocycles. The van der Waals surface area contributed by atoms with Crippen molar-refractivity contribution in [1.29, 1.82) is 0 Å². The van der Waals surface area contributed by atoms with Crippen LogP contribution in [0.3, 0.4) is 0 Å². The van der Waals surface area contributed by atoms with E-state index >= 15 is 0 Å². The Morgan fingerprint density at radius 1 is 1.39 bits per heavy atom. The van der Waals surface area contributed by atoms with Crippen molar-refractivity contribution >= 4 is 5.97 Å². The number of rotatable bonds is 5. The van der Waals surface area contributed by atoms with E-state index in [-0.39, 0.29) is 0 Å². The maximum Gasteiger partial charge on any atom is 0.310 e. The average Bonchev–Trinajstić information content (AvgIpc) is 3.08. The van der Waals surface area contributed by atoms with Crippen LogP contribution in [0.5, 0.6) is 0 Å². The van der Waals surface area contributed by atoms with Crippen LogP contribution in [-0.4, -0.2) is 35.1 Å². The van der Waals surface area contributed by atoms with Crippen LogP contribution >= 0.6 is 0 Å². The summed E-state index contributed by atoms with van der Waals surface area (Å²) < 4.78 is 0. The summed E-state index contributed by atoms with van der Waals surface area (Å²) in [4.78, 5) is 14.1. The second-order valence-electron chi connectivity index (χ2n) is 6.74. The highest BCUT2D eigenvalue weighted by Gasteiger charge is 2.49. The van der Waals surface area contributed by atoms with E-state index in [1.807, 2.05) is 0 Å². The normalized spacial score (nSPS) is 33.1.